The summed E-state index contributed by atoms with van der Waals surface area (Å²) < 4.78 is 0. The molecule has 0 aliphatic heterocycles. The summed E-state index contributed by atoms with van der Waals surface area (Å²) in [6, 6.07) is 6.89. The number of rotatable bonds is 3. The summed E-state index contributed by atoms with van der Waals surface area (Å²) in [6.45, 7) is 1.83. The number of carbonyl (C=O) groups is 1. The number of nitrogens with zero attached hydrogens (tertiary/aromatic N) is 2. The Morgan fingerprint density at radius 3 is 2.62 bits per heavy atom. The first-order valence-electron chi connectivity index (χ1n) is 5.28. The van der Waals surface area contributed by atoms with Gasteiger partial charge in [0.25, 0.3) is 0 Å². The molecule has 0 amide bonds. The lowest BCUT2D eigenvalue weighted by molar-refractivity contribution is -0.121. The molecule has 0 spiro atoms. The van der Waals surface area contributed by atoms with Gasteiger partial charge in [-0.1, -0.05) is 30.7 Å². The number of diazo groups is 1. The van der Waals surface area contributed by atoms with Gasteiger partial charge in [0.2, 0.25) is 5.39 Å². The van der Waals surface area contributed by atoms with Crippen LogP contribution >= 0.6 is 11.6 Å². The fourth-order valence-electron chi connectivity index (χ4n) is 2.22. The molecule has 4 heteroatoms. The molecule has 0 heterocycles. The third-order valence-electron chi connectivity index (χ3n) is 3.24. The van der Waals surface area contributed by atoms with Crippen LogP contribution in [0.2, 0.25) is 5.02 Å². The van der Waals surface area contributed by atoms with Gasteiger partial charge in [-0.15, -0.1) is 0 Å². The van der Waals surface area contributed by atoms with E-state index in [4.69, 9.17) is 17.0 Å². The largest absolute Gasteiger partial charge is 0.332 e. The van der Waals surface area contributed by atoms with Gasteiger partial charge < -0.3 is 0 Å². The van der Waals surface area contributed by atoms with Crippen LogP contribution in [0.4, 0.5) is 0 Å². The lowest BCUT2D eigenvalue weighted by atomic mass is 9.89. The Hall–Kier alpha value is -1.40. The standard InChI is InChI=1S/C12H12ClN2O/c1-2-11(16)12(7-10(12)15-14)8-3-5-9(13)6-4-8/h3-6,10H,2,7H2,1H3/q+1. The molecule has 2 rings (SSSR count). The van der Waals surface area contributed by atoms with Crippen molar-refractivity contribution in [1.82, 2.24) is 0 Å². The number of Topliss-reactive ketones (excluding diaryl/α,β-unsaturated/α-hetero) is 1. The van der Waals surface area contributed by atoms with E-state index in [1.807, 2.05) is 19.1 Å². The number of hydrogen-bond donors (Lipinski definition) is 0. The number of benzene rings is 1. The SMILES string of the molecule is CCC(=O)C1(c2ccc(Cl)cc2)CC1[N+]#N. The first-order valence-corrected chi connectivity index (χ1v) is 5.66. The highest BCUT2D eigenvalue weighted by Crippen LogP contribution is 2.52. The van der Waals surface area contributed by atoms with Gasteiger partial charge in [-0.2, -0.15) is 0 Å². The fourth-order valence-corrected chi connectivity index (χ4v) is 2.35. The van der Waals surface area contributed by atoms with Crippen LogP contribution in [-0.4, -0.2) is 11.8 Å². The molecular weight excluding hydrogens is 224 g/mol. The van der Waals surface area contributed by atoms with E-state index in [0.29, 0.717) is 17.9 Å². The summed E-state index contributed by atoms with van der Waals surface area (Å²) in [7, 11) is 0. The van der Waals surface area contributed by atoms with Gasteiger partial charge in [-0.05, 0) is 17.7 Å². The van der Waals surface area contributed by atoms with Crippen LogP contribution < -0.4 is 0 Å². The lowest BCUT2D eigenvalue weighted by Gasteiger charge is -2.10. The summed E-state index contributed by atoms with van der Waals surface area (Å²) in [5, 5.41) is 9.49. The third kappa shape index (κ3) is 1.50. The van der Waals surface area contributed by atoms with Gasteiger partial charge in [0.1, 0.15) is 10.4 Å². The molecule has 2 unspecified atom stereocenters. The van der Waals surface area contributed by atoms with E-state index >= 15 is 0 Å². The highest BCUT2D eigenvalue weighted by Gasteiger charge is 2.70. The second-order valence-electron chi connectivity index (χ2n) is 4.09. The van der Waals surface area contributed by atoms with Gasteiger partial charge in [0.15, 0.2) is 5.78 Å². The molecule has 1 aromatic rings. The number of carbonyl (C=O) groups excluding carboxylic acids is 1. The molecule has 82 valence electrons. The molecule has 0 radical (unpaired) electrons. The molecule has 16 heavy (non-hydrogen) atoms. The van der Waals surface area contributed by atoms with Crippen molar-refractivity contribution in [3.05, 3.63) is 39.8 Å². The van der Waals surface area contributed by atoms with Crippen molar-refractivity contribution in [2.24, 2.45) is 0 Å². The van der Waals surface area contributed by atoms with E-state index in [1.54, 1.807) is 12.1 Å². The summed E-state index contributed by atoms with van der Waals surface area (Å²) in [5.41, 5.74) is 0.292. The summed E-state index contributed by atoms with van der Waals surface area (Å²) in [5.74, 6) is 0.123. The van der Waals surface area contributed by atoms with Gasteiger partial charge in [0, 0.05) is 11.4 Å². The first kappa shape index (κ1) is 11.1. The van der Waals surface area contributed by atoms with Crippen LogP contribution in [0.1, 0.15) is 25.3 Å². The van der Waals surface area contributed by atoms with E-state index < -0.39 is 5.41 Å². The zero-order valence-corrected chi connectivity index (χ0v) is 9.74. The van der Waals surface area contributed by atoms with Crippen LogP contribution in [0, 0.1) is 5.39 Å². The molecule has 3 nitrogen and oxygen atoms in total. The predicted octanol–water partition coefficient (Wildman–Crippen LogP) is 3.18. The summed E-state index contributed by atoms with van der Waals surface area (Å²) in [4.78, 5) is 15.2. The van der Waals surface area contributed by atoms with Gasteiger partial charge in [-0.25, -0.2) is 0 Å². The van der Waals surface area contributed by atoms with E-state index in [2.05, 4.69) is 4.98 Å². The summed E-state index contributed by atoms with van der Waals surface area (Å²) >= 11 is 5.81. The van der Waals surface area contributed by atoms with Crippen molar-refractivity contribution in [3.8, 4) is 0 Å². The highest BCUT2D eigenvalue weighted by molar-refractivity contribution is 6.30. The van der Waals surface area contributed by atoms with Crippen LogP contribution in [-0.2, 0) is 10.2 Å². The molecule has 2 atom stereocenters. The highest BCUT2D eigenvalue weighted by atomic mass is 35.5. The minimum atomic E-state index is -0.603. The molecule has 1 aliphatic carbocycles. The minimum Gasteiger partial charge on any atom is -0.298 e. The molecular formula is C12H12ClN2O+. The fraction of sp³-hybridized carbons (Fsp3) is 0.417. The van der Waals surface area contributed by atoms with Crippen molar-refractivity contribution < 1.29 is 4.79 Å². The average molecular weight is 236 g/mol. The number of ketones is 1. The smallest absolute Gasteiger partial charge is 0.298 e. The van der Waals surface area contributed by atoms with Gasteiger partial charge in [0.05, 0.1) is 6.42 Å². The second-order valence-corrected chi connectivity index (χ2v) is 4.53. The van der Waals surface area contributed by atoms with Crippen LogP contribution in [0.3, 0.4) is 0 Å². The van der Waals surface area contributed by atoms with E-state index in [-0.39, 0.29) is 11.8 Å². The van der Waals surface area contributed by atoms with Crippen molar-refractivity contribution in [1.29, 1.82) is 5.39 Å². The molecule has 0 N–H and O–H groups in total. The van der Waals surface area contributed by atoms with Crippen molar-refractivity contribution in [2.45, 2.75) is 31.2 Å². The minimum absolute atomic E-state index is 0.123. The Morgan fingerprint density at radius 1 is 1.56 bits per heavy atom. The molecule has 1 saturated carbocycles. The Bertz CT molecular complexity index is 463. The third-order valence-corrected chi connectivity index (χ3v) is 3.49. The van der Waals surface area contributed by atoms with Crippen LogP contribution in [0.5, 0.6) is 0 Å². The average Bonchev–Trinajstić information content (AvgIpc) is 3.04. The van der Waals surface area contributed by atoms with Crippen LogP contribution in [0.25, 0.3) is 4.98 Å². The van der Waals surface area contributed by atoms with Crippen molar-refractivity contribution >= 4 is 17.4 Å². The molecule has 0 aromatic heterocycles. The molecule has 1 fully saturated rings. The molecule has 1 aliphatic rings. The molecule has 1 aromatic carbocycles. The van der Waals surface area contributed by atoms with E-state index in [0.717, 1.165) is 5.56 Å². The van der Waals surface area contributed by atoms with Crippen LogP contribution in [0.15, 0.2) is 24.3 Å². The molecule has 0 bridgehead atoms. The number of halogens is 1. The maximum absolute atomic E-state index is 11.9. The topological polar surface area (TPSA) is 45.2 Å². The number of hydrogen-bond acceptors (Lipinski definition) is 2. The summed E-state index contributed by atoms with van der Waals surface area (Å²) in [6.07, 6.45) is 1.05. The first-order chi connectivity index (χ1) is 7.65. The van der Waals surface area contributed by atoms with Gasteiger partial charge in [-0.3, -0.25) is 4.79 Å². The Labute approximate surface area is 99.0 Å². The lowest BCUT2D eigenvalue weighted by Crippen LogP contribution is -2.23. The van der Waals surface area contributed by atoms with Crippen molar-refractivity contribution in [3.63, 3.8) is 0 Å². The van der Waals surface area contributed by atoms with Gasteiger partial charge >= 0.3 is 6.04 Å². The zero-order chi connectivity index (χ0) is 11.8. The monoisotopic (exact) mass is 235 g/mol. The predicted molar refractivity (Wildman–Crippen MR) is 61.9 cm³/mol. The van der Waals surface area contributed by atoms with Crippen molar-refractivity contribution in [2.75, 3.05) is 0 Å². The maximum atomic E-state index is 11.9. The maximum Gasteiger partial charge on any atom is 0.332 e. The zero-order valence-electron chi connectivity index (χ0n) is 8.98. The second kappa shape index (κ2) is 3.88. The molecule has 0 saturated heterocycles. The Morgan fingerprint density at radius 2 is 2.19 bits per heavy atom. The Balaban J connectivity index is 2.40. The quantitative estimate of drug-likeness (QED) is 0.756. The normalized spacial score (nSPS) is 27.2. The van der Waals surface area contributed by atoms with E-state index in [9.17, 15) is 4.79 Å². The Kier molecular flexibility index (Phi) is 2.69. The van der Waals surface area contributed by atoms with E-state index in [1.165, 1.54) is 0 Å².